The van der Waals surface area contributed by atoms with Gasteiger partial charge in [-0.15, -0.1) is 0 Å². The molecule has 5 heteroatoms. The molecule has 1 aromatic heterocycles. The maximum absolute atomic E-state index is 6.10. The van der Waals surface area contributed by atoms with E-state index in [-0.39, 0.29) is 5.54 Å². The van der Waals surface area contributed by atoms with Gasteiger partial charge in [0.05, 0.1) is 21.1 Å². The third-order valence-electron chi connectivity index (χ3n) is 3.19. The Morgan fingerprint density at radius 1 is 1.28 bits per heavy atom. The van der Waals surface area contributed by atoms with Gasteiger partial charge in [0.2, 0.25) is 0 Å². The topological polar surface area (TPSA) is 20.7 Å². The van der Waals surface area contributed by atoms with E-state index in [0.717, 1.165) is 23.9 Å². The molecule has 0 atom stereocenters. The molecule has 18 heavy (non-hydrogen) atoms. The van der Waals surface area contributed by atoms with Crippen LogP contribution < -0.4 is 0 Å². The number of halogens is 2. The quantitative estimate of drug-likeness (QED) is 0.738. The van der Waals surface area contributed by atoms with Crippen molar-refractivity contribution in [3.63, 3.8) is 0 Å². The number of aromatic amines is 1. The number of nitrogens with one attached hydrogen (secondary N) is 1. The predicted molar refractivity (Wildman–Crippen MR) is 81.4 cm³/mol. The molecule has 0 aliphatic rings. The van der Waals surface area contributed by atoms with Crippen LogP contribution in [0.1, 0.15) is 33.6 Å². The second kappa shape index (κ2) is 4.87. The first kappa shape index (κ1) is 13.9. The van der Waals surface area contributed by atoms with Crippen LogP contribution in [0.15, 0.2) is 12.1 Å². The van der Waals surface area contributed by atoms with E-state index in [1.165, 1.54) is 0 Å². The summed E-state index contributed by atoms with van der Waals surface area (Å²) in [6.45, 7) is 6.54. The highest BCUT2D eigenvalue weighted by molar-refractivity contribution is 7.71. The molecule has 2 nitrogen and oxygen atoms in total. The van der Waals surface area contributed by atoms with Gasteiger partial charge in [0.15, 0.2) is 4.77 Å². The molecular formula is C13H16Cl2N2S. The molecule has 1 heterocycles. The molecule has 0 bridgehead atoms. The van der Waals surface area contributed by atoms with Gasteiger partial charge in [-0.3, -0.25) is 0 Å². The summed E-state index contributed by atoms with van der Waals surface area (Å²) in [6.07, 6.45) is 2.15. The highest BCUT2D eigenvalue weighted by Crippen LogP contribution is 2.32. The van der Waals surface area contributed by atoms with Crippen molar-refractivity contribution in [1.82, 2.24) is 9.55 Å². The zero-order valence-corrected chi connectivity index (χ0v) is 13.0. The Morgan fingerprint density at radius 3 is 2.50 bits per heavy atom. The van der Waals surface area contributed by atoms with E-state index >= 15 is 0 Å². The van der Waals surface area contributed by atoms with Gasteiger partial charge in [-0.2, -0.15) is 0 Å². The number of hydrogen-bond donors (Lipinski definition) is 1. The van der Waals surface area contributed by atoms with Crippen LogP contribution in [0.2, 0.25) is 10.0 Å². The fourth-order valence-corrected chi connectivity index (χ4v) is 3.20. The van der Waals surface area contributed by atoms with E-state index in [9.17, 15) is 0 Å². The first-order chi connectivity index (χ1) is 8.36. The van der Waals surface area contributed by atoms with Gasteiger partial charge >= 0.3 is 0 Å². The summed E-state index contributed by atoms with van der Waals surface area (Å²) in [4.78, 5) is 3.19. The first-order valence-corrected chi connectivity index (χ1v) is 7.13. The van der Waals surface area contributed by atoms with Crippen LogP contribution in [0.5, 0.6) is 0 Å². The predicted octanol–water partition coefficient (Wildman–Crippen LogP) is 5.54. The van der Waals surface area contributed by atoms with E-state index in [2.05, 4.69) is 30.3 Å². The summed E-state index contributed by atoms with van der Waals surface area (Å²) in [5.74, 6) is 0. The highest BCUT2D eigenvalue weighted by atomic mass is 35.5. The summed E-state index contributed by atoms with van der Waals surface area (Å²) in [6, 6.07) is 3.70. The number of hydrogen-bond acceptors (Lipinski definition) is 1. The number of aromatic nitrogens is 2. The average molecular weight is 303 g/mol. The third-order valence-corrected chi connectivity index (χ3v) is 4.20. The fraction of sp³-hybridized carbons (Fsp3) is 0.462. The molecule has 1 N–H and O–H groups in total. The van der Waals surface area contributed by atoms with Gasteiger partial charge in [0, 0.05) is 5.54 Å². The maximum atomic E-state index is 6.10. The van der Waals surface area contributed by atoms with Crippen molar-refractivity contribution in [2.75, 3.05) is 0 Å². The van der Waals surface area contributed by atoms with Gasteiger partial charge < -0.3 is 9.55 Å². The SMILES string of the molecule is CCCC(C)(C)n1c(=S)[nH]c2cc(Cl)c(Cl)cc21. The zero-order chi connectivity index (χ0) is 13.5. The minimum atomic E-state index is -0.0404. The molecular weight excluding hydrogens is 287 g/mol. The number of H-pyrrole nitrogens is 1. The lowest BCUT2D eigenvalue weighted by molar-refractivity contribution is 0.330. The molecule has 0 spiro atoms. The van der Waals surface area contributed by atoms with Crippen molar-refractivity contribution in [3.05, 3.63) is 26.9 Å². The van der Waals surface area contributed by atoms with Gasteiger partial charge in [0.1, 0.15) is 0 Å². The number of imidazole rings is 1. The highest BCUT2D eigenvalue weighted by Gasteiger charge is 2.23. The van der Waals surface area contributed by atoms with Crippen LogP contribution in [0.4, 0.5) is 0 Å². The number of rotatable bonds is 3. The Morgan fingerprint density at radius 2 is 1.89 bits per heavy atom. The fourth-order valence-electron chi connectivity index (χ4n) is 2.43. The largest absolute Gasteiger partial charge is 0.331 e. The summed E-state index contributed by atoms with van der Waals surface area (Å²) in [5, 5.41) is 1.10. The molecule has 0 amide bonds. The molecule has 0 aliphatic heterocycles. The molecule has 0 fully saturated rings. The second-order valence-electron chi connectivity index (χ2n) is 5.11. The summed E-state index contributed by atoms with van der Waals surface area (Å²) in [7, 11) is 0. The van der Waals surface area contributed by atoms with Gasteiger partial charge in [-0.1, -0.05) is 36.5 Å². The number of nitrogens with zero attached hydrogens (tertiary/aromatic N) is 1. The Bertz CT molecular complexity index is 640. The summed E-state index contributed by atoms with van der Waals surface area (Å²) < 4.78 is 2.84. The van der Waals surface area contributed by atoms with Crippen molar-refractivity contribution in [3.8, 4) is 0 Å². The Kier molecular flexibility index (Phi) is 3.77. The zero-order valence-electron chi connectivity index (χ0n) is 10.7. The second-order valence-corrected chi connectivity index (χ2v) is 6.31. The lowest BCUT2D eigenvalue weighted by Crippen LogP contribution is -2.25. The Hall–Kier alpha value is -0.510. The van der Waals surface area contributed by atoms with Crippen molar-refractivity contribution in [1.29, 1.82) is 0 Å². The smallest absolute Gasteiger partial charge is 0.178 e. The van der Waals surface area contributed by atoms with Crippen LogP contribution >= 0.6 is 35.4 Å². The molecule has 0 radical (unpaired) electrons. The number of benzene rings is 1. The Balaban J connectivity index is 2.75. The van der Waals surface area contributed by atoms with Crippen LogP contribution in [-0.4, -0.2) is 9.55 Å². The molecule has 2 aromatic rings. The monoisotopic (exact) mass is 302 g/mol. The van der Waals surface area contributed by atoms with Crippen LogP contribution in [0.25, 0.3) is 11.0 Å². The number of fused-ring (bicyclic) bond motifs is 1. The van der Waals surface area contributed by atoms with Gasteiger partial charge in [0.25, 0.3) is 0 Å². The van der Waals surface area contributed by atoms with Crippen molar-refractivity contribution in [2.45, 2.75) is 39.2 Å². The van der Waals surface area contributed by atoms with Gasteiger partial charge in [-0.25, -0.2) is 0 Å². The molecule has 1 aromatic carbocycles. The van der Waals surface area contributed by atoms with E-state index in [1.54, 1.807) is 0 Å². The van der Waals surface area contributed by atoms with Crippen molar-refractivity contribution < 1.29 is 0 Å². The maximum Gasteiger partial charge on any atom is 0.178 e. The van der Waals surface area contributed by atoms with Crippen LogP contribution in [-0.2, 0) is 5.54 Å². The standard InChI is InChI=1S/C13H16Cl2N2S/c1-4-5-13(2,3)17-11-7-9(15)8(14)6-10(11)16-12(17)18/h6-7H,4-5H2,1-3H3,(H,16,18). The van der Waals surface area contributed by atoms with E-state index in [0.29, 0.717) is 14.8 Å². The lowest BCUT2D eigenvalue weighted by Gasteiger charge is -2.27. The summed E-state index contributed by atoms with van der Waals surface area (Å²) in [5.41, 5.74) is 1.90. The normalized spacial score (nSPS) is 12.3. The molecule has 2 rings (SSSR count). The van der Waals surface area contributed by atoms with Crippen LogP contribution in [0.3, 0.4) is 0 Å². The van der Waals surface area contributed by atoms with Crippen molar-refractivity contribution >= 4 is 46.5 Å². The molecule has 98 valence electrons. The summed E-state index contributed by atoms with van der Waals surface area (Å²) >= 11 is 17.6. The van der Waals surface area contributed by atoms with E-state index < -0.39 is 0 Å². The van der Waals surface area contributed by atoms with Crippen molar-refractivity contribution in [2.24, 2.45) is 0 Å². The molecule has 0 unspecified atom stereocenters. The molecule has 0 aliphatic carbocycles. The van der Waals surface area contributed by atoms with E-state index in [1.807, 2.05) is 12.1 Å². The minimum Gasteiger partial charge on any atom is -0.331 e. The first-order valence-electron chi connectivity index (χ1n) is 5.97. The molecule has 0 saturated heterocycles. The lowest BCUT2D eigenvalue weighted by atomic mass is 9.98. The van der Waals surface area contributed by atoms with Crippen LogP contribution in [0, 0.1) is 4.77 Å². The van der Waals surface area contributed by atoms with E-state index in [4.69, 9.17) is 35.4 Å². The minimum absolute atomic E-state index is 0.0404. The average Bonchev–Trinajstić information content (AvgIpc) is 2.55. The molecule has 0 saturated carbocycles. The third kappa shape index (κ3) is 2.31. The Labute approximate surface area is 122 Å². The van der Waals surface area contributed by atoms with Gasteiger partial charge in [-0.05, 0) is 44.6 Å².